The monoisotopic (exact) mass is 1650 g/mol. The van der Waals surface area contributed by atoms with Gasteiger partial charge in [-0.1, -0.05) is 314 Å². The molecular weight excluding hydrogens is 1500 g/mol. The third-order valence-electron chi connectivity index (χ3n) is 30.0. The first-order valence-electron chi connectivity index (χ1n) is 52.3. The lowest BCUT2D eigenvalue weighted by atomic mass is 9.59. The molecule has 0 saturated heterocycles. The summed E-state index contributed by atoms with van der Waals surface area (Å²) in [5.41, 5.74) is 21.9. The number of hydrogen-bond donors (Lipinski definition) is 0. The van der Waals surface area contributed by atoms with E-state index in [2.05, 4.69) is 221 Å². The van der Waals surface area contributed by atoms with E-state index < -0.39 is 95.3 Å². The van der Waals surface area contributed by atoms with E-state index in [1.165, 1.54) is 0 Å². The van der Waals surface area contributed by atoms with Gasteiger partial charge >= 0.3 is 0 Å². The Morgan fingerprint density at radius 2 is 0.520 bits per heavy atom. The molecule has 5 aliphatic heterocycles. The number of fused-ring (bicyclic) bond motifs is 15. The van der Waals surface area contributed by atoms with Crippen LogP contribution in [0.1, 0.15) is 269 Å². The molecule has 10 heterocycles. The summed E-state index contributed by atoms with van der Waals surface area (Å²) in [5.74, 6) is 0. The SMILES string of the molecule is [2H]C([2H])([2H])C1(C([2H])([2H])[2H])c2c(-c3c(C)cccc3C)c[n+](C)n2-c2c(C)cccc2C1(C)C.[2H]C([2H])([2H])C1(C)c2c(-c3c(C)cccc3C)c[n+](C)n2-c2c(C)cccc2C1(C)C.[2H]C([2H])([2H])C1(C)c2c(-c3ccccc3)c[n+](C)n2-c2c(C)cccc2C1(C)C.[2H]C([2H])([2H])C1(C)c2cc(-c3ccccc3)[n+](C)n2-c2c(C)cccc2C1(C)C.[2H]C([2H])([2H])C1(C)c2cc[n+](C)n2-c2c(C)cccc2C1(C)C. The molecule has 0 saturated carbocycles. The van der Waals surface area contributed by atoms with Gasteiger partial charge in [0.25, 0.3) is 0 Å². The Hall–Kier alpha value is -11.0. The topological polar surface area (TPSA) is 44.0 Å². The number of benzene rings is 9. The van der Waals surface area contributed by atoms with Crippen molar-refractivity contribution in [3.05, 3.63) is 331 Å². The van der Waals surface area contributed by atoms with Gasteiger partial charge in [0, 0.05) is 96.5 Å². The zero-order valence-corrected chi connectivity index (χ0v) is 77.8. The maximum absolute atomic E-state index is 8.74. The van der Waals surface area contributed by atoms with Gasteiger partial charge in [-0.2, -0.15) is 0 Å². The van der Waals surface area contributed by atoms with E-state index in [1.807, 2.05) is 232 Å². The van der Waals surface area contributed by atoms with E-state index >= 15 is 0 Å². The fourth-order valence-electron chi connectivity index (χ4n) is 20.8. The van der Waals surface area contributed by atoms with Crippen molar-refractivity contribution >= 4 is 0 Å². The van der Waals surface area contributed by atoms with Gasteiger partial charge in [-0.3, -0.25) is 0 Å². The number of hydrogen-bond acceptors (Lipinski definition) is 0. The molecule has 4 unspecified atom stereocenters. The Morgan fingerprint density at radius 3 is 0.878 bits per heavy atom. The third-order valence-corrected chi connectivity index (χ3v) is 30.0. The van der Waals surface area contributed by atoms with E-state index in [1.54, 1.807) is 13.8 Å². The largest absolute Gasteiger partial charge is 0.239 e. The molecule has 10 heteroatoms. The van der Waals surface area contributed by atoms with Gasteiger partial charge in [-0.15, -0.1) is 46.8 Å². The van der Waals surface area contributed by atoms with Gasteiger partial charge in [0.15, 0.2) is 41.4 Å². The molecule has 0 spiro atoms. The number of rotatable bonds is 4. The summed E-state index contributed by atoms with van der Waals surface area (Å²) >= 11 is 0. The lowest BCUT2D eigenvalue weighted by molar-refractivity contribution is -0.745. The van der Waals surface area contributed by atoms with Crippen molar-refractivity contribution in [2.45, 2.75) is 255 Å². The first-order chi connectivity index (χ1) is 65.0. The number of nitrogens with zero attached hydrogens (tertiary/aromatic N) is 10. The van der Waals surface area contributed by atoms with Crippen LogP contribution in [0, 0.1) is 62.3 Å². The van der Waals surface area contributed by atoms with Gasteiger partial charge in [0.2, 0.25) is 24.3 Å². The number of aromatic nitrogens is 10. The van der Waals surface area contributed by atoms with Gasteiger partial charge in [-0.05, 0) is 169 Å². The average molecular weight is 1660 g/mol. The van der Waals surface area contributed by atoms with E-state index in [0.717, 1.165) is 168 Å². The van der Waals surface area contributed by atoms with E-state index in [-0.39, 0.29) is 0 Å². The minimum Gasteiger partial charge on any atom is -0.124 e. The molecule has 0 bridgehead atoms. The van der Waals surface area contributed by atoms with Crippen molar-refractivity contribution in [1.29, 1.82) is 0 Å². The molecule has 0 fully saturated rings. The Balaban J connectivity index is 0.000000134. The molecule has 5 aliphatic rings. The van der Waals surface area contributed by atoms with Crippen molar-refractivity contribution in [1.82, 2.24) is 23.4 Å². The van der Waals surface area contributed by atoms with E-state index in [0.29, 0.717) is 11.3 Å². The lowest BCUT2D eigenvalue weighted by Crippen LogP contribution is -2.51. The summed E-state index contributed by atoms with van der Waals surface area (Å²) in [5, 5.41) is 0. The summed E-state index contributed by atoms with van der Waals surface area (Å²) < 4.78 is 175. The fourth-order valence-corrected chi connectivity index (χ4v) is 20.8. The van der Waals surface area contributed by atoms with Crippen LogP contribution in [0.5, 0.6) is 0 Å². The Kier molecular flexibility index (Phi) is 16.2. The fraction of sp³-hybridized carbons (Fsp3) is 0.389. The lowest BCUT2D eigenvalue weighted by Gasteiger charge is -2.46. The minimum absolute atomic E-state index is 0.328. The van der Waals surface area contributed by atoms with Crippen LogP contribution in [0.3, 0.4) is 0 Å². The smallest absolute Gasteiger partial charge is 0.124 e. The normalized spacial score (nSPS) is 23.1. The zero-order valence-electron chi connectivity index (χ0n) is 95.8. The molecule has 123 heavy (non-hydrogen) atoms. The standard InChI is InChI=1S/2C25H31N2.2C23H27N2.C17H23N2/c2*1-16-11-9-12-17(2)21(16)19-15-26(8)27-22-18(3)13-10-14-20(22)24(4,5)25(6,7)23(19)27;1-16-11-10-14-19-20(16)25-21(23(4,5)22(19,2)3)18(15-24(25)6)17-12-8-7-9-13-17;1-16-11-10-14-18-21(16)25-20(23(4,5)22(18,2)3)15-19(24(25)6)17-12-8-7-9-13-17;1-12-8-7-9-13-15(12)19-14(10-11-18(19)6)17(4,5)16(13,2)3/h2*9-15H,1-8H3;2*7-15H,1-6H3;7-11H,1-6H3/q5*+1/i6D3,7D3;6D3;3*4D3. The highest BCUT2D eigenvalue weighted by Gasteiger charge is 2.57. The van der Waals surface area contributed by atoms with Crippen molar-refractivity contribution in [2.75, 3.05) is 0 Å². The molecule has 9 aromatic carbocycles. The van der Waals surface area contributed by atoms with Crippen molar-refractivity contribution in [3.63, 3.8) is 0 Å². The average Bonchev–Trinajstić information content (AvgIpc) is 1.66. The molecule has 4 atom stereocenters. The van der Waals surface area contributed by atoms with Gasteiger partial charge in [0.1, 0.15) is 45.5 Å². The van der Waals surface area contributed by atoms with Crippen LogP contribution in [0.25, 0.3) is 73.1 Å². The second kappa shape index (κ2) is 29.9. The van der Waals surface area contributed by atoms with E-state index in [9.17, 15) is 0 Å². The second-order valence-electron chi connectivity index (χ2n) is 39.2. The second-order valence-corrected chi connectivity index (χ2v) is 39.2. The molecule has 19 rings (SSSR count). The van der Waals surface area contributed by atoms with Gasteiger partial charge < -0.3 is 0 Å². The highest BCUT2D eigenvalue weighted by molar-refractivity contribution is 5.78. The van der Waals surface area contributed by atoms with Gasteiger partial charge in [0.05, 0.1) is 28.1 Å². The molecule has 14 aromatic rings. The molecule has 0 radical (unpaired) electrons. The van der Waals surface area contributed by atoms with Crippen LogP contribution in [-0.2, 0) is 89.4 Å². The molecule has 0 N–H and O–H groups in total. The highest BCUT2D eigenvalue weighted by atomic mass is 15.4. The highest BCUT2D eigenvalue weighted by Crippen LogP contribution is 2.58. The predicted octanol–water partition coefficient (Wildman–Crippen LogP) is 23.8. The molecule has 10 nitrogen and oxygen atoms in total. The van der Waals surface area contributed by atoms with Crippen LogP contribution in [-0.4, -0.2) is 23.4 Å². The van der Waals surface area contributed by atoms with Crippen LogP contribution in [0.2, 0.25) is 0 Å². The summed E-state index contributed by atoms with van der Waals surface area (Å²) in [6, 6.07) is 67.0. The zero-order chi connectivity index (χ0) is 104. The molecule has 5 aromatic heterocycles. The summed E-state index contributed by atoms with van der Waals surface area (Å²) in [6.07, 6.45) is 7.99. The first kappa shape index (κ1) is 66.6. The van der Waals surface area contributed by atoms with Crippen LogP contribution in [0.15, 0.2) is 225 Å². The predicted molar refractivity (Wildman–Crippen MR) is 509 cm³/mol. The van der Waals surface area contributed by atoms with Crippen molar-refractivity contribution in [3.8, 4) is 73.1 Å². The Labute approximate surface area is 762 Å². The van der Waals surface area contributed by atoms with Crippen LogP contribution in [0.4, 0.5) is 0 Å². The molecular formula is C113H139N10+5. The maximum atomic E-state index is 8.74. The third kappa shape index (κ3) is 12.8. The molecule has 0 amide bonds. The minimum atomic E-state index is -2.81. The number of aryl methyl sites for hydroxylation is 13. The van der Waals surface area contributed by atoms with Gasteiger partial charge in [-0.25, -0.2) is 0 Å². The Bertz CT molecular complexity index is 7190. The molecule has 0 aliphatic carbocycles. The number of para-hydroxylation sites is 5. The van der Waals surface area contributed by atoms with E-state index in [4.69, 9.17) is 24.7 Å². The van der Waals surface area contributed by atoms with Crippen LogP contribution < -0.4 is 23.4 Å². The van der Waals surface area contributed by atoms with Crippen molar-refractivity contribution < 1.29 is 48.1 Å². The Morgan fingerprint density at radius 1 is 0.244 bits per heavy atom. The maximum Gasteiger partial charge on any atom is 0.239 e. The summed E-state index contributed by atoms with van der Waals surface area (Å²) in [4.78, 5) is 0. The summed E-state index contributed by atoms with van der Waals surface area (Å²) in [6.45, 7) is 32.0. The summed E-state index contributed by atoms with van der Waals surface area (Å²) in [7, 11) is 9.82. The first-order valence-corrected chi connectivity index (χ1v) is 43.3. The van der Waals surface area contributed by atoms with Crippen molar-refractivity contribution in [2.24, 2.45) is 35.2 Å². The quantitative estimate of drug-likeness (QED) is 0.158. The molecule has 636 valence electrons. The van der Waals surface area contributed by atoms with Crippen LogP contribution >= 0.6 is 0 Å².